The van der Waals surface area contributed by atoms with Crippen molar-refractivity contribution in [2.45, 2.75) is 38.1 Å². The maximum atomic E-state index is 11.6. The van der Waals surface area contributed by atoms with Crippen molar-refractivity contribution >= 4 is 5.91 Å². The van der Waals surface area contributed by atoms with Crippen LogP contribution in [0.1, 0.15) is 32.1 Å². The van der Waals surface area contributed by atoms with E-state index in [1.165, 1.54) is 19.3 Å². The SMILES string of the molecule is O=C1CCCCN1C1CCCNC1. The van der Waals surface area contributed by atoms with E-state index in [9.17, 15) is 4.79 Å². The molecular formula is C10H18N2O. The Hall–Kier alpha value is -0.570. The minimum Gasteiger partial charge on any atom is -0.338 e. The van der Waals surface area contributed by atoms with Crippen LogP contribution in [-0.4, -0.2) is 36.5 Å². The highest BCUT2D eigenvalue weighted by molar-refractivity contribution is 5.77. The van der Waals surface area contributed by atoms with Gasteiger partial charge in [-0.1, -0.05) is 0 Å². The number of carbonyl (C=O) groups is 1. The zero-order chi connectivity index (χ0) is 9.10. The first-order valence-electron chi connectivity index (χ1n) is 5.38. The largest absolute Gasteiger partial charge is 0.338 e. The van der Waals surface area contributed by atoms with Crippen LogP contribution in [0, 0.1) is 0 Å². The molecule has 0 bridgehead atoms. The Morgan fingerprint density at radius 3 is 2.92 bits per heavy atom. The van der Waals surface area contributed by atoms with Gasteiger partial charge in [0.25, 0.3) is 0 Å². The zero-order valence-electron chi connectivity index (χ0n) is 8.09. The first-order chi connectivity index (χ1) is 6.38. The van der Waals surface area contributed by atoms with E-state index in [1.807, 2.05) is 0 Å². The van der Waals surface area contributed by atoms with Gasteiger partial charge in [0.15, 0.2) is 0 Å². The molecule has 2 aliphatic rings. The molecule has 3 nitrogen and oxygen atoms in total. The van der Waals surface area contributed by atoms with Gasteiger partial charge in [-0.05, 0) is 32.2 Å². The number of hydrogen-bond acceptors (Lipinski definition) is 2. The number of nitrogens with zero attached hydrogens (tertiary/aromatic N) is 1. The summed E-state index contributed by atoms with van der Waals surface area (Å²) in [6.45, 7) is 3.12. The van der Waals surface area contributed by atoms with E-state index < -0.39 is 0 Å². The topological polar surface area (TPSA) is 32.3 Å². The Kier molecular flexibility index (Phi) is 2.83. The summed E-state index contributed by atoms with van der Waals surface area (Å²) in [7, 11) is 0. The Labute approximate surface area is 79.5 Å². The van der Waals surface area contributed by atoms with Gasteiger partial charge in [0, 0.05) is 25.6 Å². The van der Waals surface area contributed by atoms with E-state index in [0.29, 0.717) is 11.9 Å². The van der Waals surface area contributed by atoms with Crippen molar-refractivity contribution < 1.29 is 4.79 Å². The lowest BCUT2D eigenvalue weighted by atomic mass is 10.0. The average molecular weight is 182 g/mol. The summed E-state index contributed by atoms with van der Waals surface area (Å²) in [5.74, 6) is 0.375. The third-order valence-corrected chi connectivity index (χ3v) is 3.07. The standard InChI is InChI=1S/C10H18N2O/c13-10-5-1-2-7-12(10)9-4-3-6-11-8-9/h9,11H,1-8H2. The molecule has 13 heavy (non-hydrogen) atoms. The lowest BCUT2D eigenvalue weighted by Gasteiger charge is -2.37. The molecule has 2 fully saturated rings. The van der Waals surface area contributed by atoms with Gasteiger partial charge in [0.05, 0.1) is 0 Å². The summed E-state index contributed by atoms with van der Waals surface area (Å²) in [5.41, 5.74) is 0. The number of hydrogen-bond donors (Lipinski definition) is 1. The predicted molar refractivity (Wildman–Crippen MR) is 51.5 cm³/mol. The van der Waals surface area contributed by atoms with Gasteiger partial charge in [0.2, 0.25) is 5.91 Å². The number of piperidine rings is 2. The molecule has 1 N–H and O–H groups in total. The number of nitrogens with one attached hydrogen (secondary N) is 1. The molecule has 2 aliphatic heterocycles. The van der Waals surface area contributed by atoms with Crippen molar-refractivity contribution in [2.24, 2.45) is 0 Å². The molecule has 74 valence electrons. The van der Waals surface area contributed by atoms with Gasteiger partial charge in [-0.3, -0.25) is 4.79 Å². The van der Waals surface area contributed by atoms with Crippen LogP contribution < -0.4 is 5.32 Å². The fourth-order valence-electron chi connectivity index (χ4n) is 2.31. The number of rotatable bonds is 1. The van der Waals surface area contributed by atoms with Crippen LogP contribution in [0.25, 0.3) is 0 Å². The second kappa shape index (κ2) is 4.09. The van der Waals surface area contributed by atoms with E-state index in [0.717, 1.165) is 32.5 Å². The maximum absolute atomic E-state index is 11.6. The average Bonchev–Trinajstić information content (AvgIpc) is 2.20. The van der Waals surface area contributed by atoms with Gasteiger partial charge in [-0.2, -0.15) is 0 Å². The molecule has 3 heteroatoms. The van der Waals surface area contributed by atoms with E-state index in [2.05, 4.69) is 10.2 Å². The van der Waals surface area contributed by atoms with Crippen molar-refractivity contribution in [1.82, 2.24) is 10.2 Å². The van der Waals surface area contributed by atoms with Crippen LogP contribution in [0.2, 0.25) is 0 Å². The van der Waals surface area contributed by atoms with E-state index >= 15 is 0 Å². The summed E-state index contributed by atoms with van der Waals surface area (Å²) in [6, 6.07) is 0.488. The lowest BCUT2D eigenvalue weighted by molar-refractivity contribution is -0.136. The Morgan fingerprint density at radius 2 is 2.23 bits per heavy atom. The highest BCUT2D eigenvalue weighted by atomic mass is 16.2. The fraction of sp³-hybridized carbons (Fsp3) is 0.900. The van der Waals surface area contributed by atoms with E-state index in [-0.39, 0.29) is 0 Å². The van der Waals surface area contributed by atoms with Crippen LogP contribution in [0.3, 0.4) is 0 Å². The molecular weight excluding hydrogens is 164 g/mol. The molecule has 1 unspecified atom stereocenters. The molecule has 0 spiro atoms. The molecule has 0 aliphatic carbocycles. The summed E-state index contributed by atoms with van der Waals surface area (Å²) in [6.07, 6.45) is 5.47. The molecule has 0 saturated carbocycles. The Balaban J connectivity index is 1.92. The predicted octanol–water partition coefficient (Wildman–Crippen LogP) is 0.751. The highest BCUT2D eigenvalue weighted by Crippen LogP contribution is 2.17. The molecule has 2 rings (SSSR count). The number of carbonyl (C=O) groups excluding carboxylic acids is 1. The lowest BCUT2D eigenvalue weighted by Crippen LogP contribution is -2.50. The van der Waals surface area contributed by atoms with Crippen LogP contribution in [-0.2, 0) is 4.79 Å². The van der Waals surface area contributed by atoms with Crippen LogP contribution in [0.15, 0.2) is 0 Å². The monoisotopic (exact) mass is 182 g/mol. The van der Waals surface area contributed by atoms with E-state index in [1.54, 1.807) is 0 Å². The molecule has 0 aromatic heterocycles. The molecule has 2 heterocycles. The van der Waals surface area contributed by atoms with Crippen molar-refractivity contribution in [3.8, 4) is 0 Å². The Morgan fingerprint density at radius 1 is 1.31 bits per heavy atom. The number of amides is 1. The summed E-state index contributed by atoms with van der Waals surface area (Å²) in [5, 5.41) is 3.36. The van der Waals surface area contributed by atoms with Crippen LogP contribution >= 0.6 is 0 Å². The third-order valence-electron chi connectivity index (χ3n) is 3.07. The summed E-state index contributed by atoms with van der Waals surface area (Å²) in [4.78, 5) is 13.7. The van der Waals surface area contributed by atoms with Gasteiger partial charge >= 0.3 is 0 Å². The quantitative estimate of drug-likeness (QED) is 0.649. The van der Waals surface area contributed by atoms with Gasteiger partial charge < -0.3 is 10.2 Å². The minimum absolute atomic E-state index is 0.375. The summed E-state index contributed by atoms with van der Waals surface area (Å²) < 4.78 is 0. The smallest absolute Gasteiger partial charge is 0.222 e. The molecule has 2 saturated heterocycles. The normalized spacial score (nSPS) is 30.6. The first-order valence-corrected chi connectivity index (χ1v) is 5.38. The highest BCUT2D eigenvalue weighted by Gasteiger charge is 2.26. The zero-order valence-corrected chi connectivity index (χ0v) is 8.09. The molecule has 1 amide bonds. The molecule has 1 atom stereocenters. The van der Waals surface area contributed by atoms with Gasteiger partial charge in [-0.25, -0.2) is 0 Å². The minimum atomic E-state index is 0.375. The van der Waals surface area contributed by atoms with Gasteiger partial charge in [-0.15, -0.1) is 0 Å². The molecule has 0 radical (unpaired) electrons. The third kappa shape index (κ3) is 2.02. The van der Waals surface area contributed by atoms with Crippen molar-refractivity contribution in [1.29, 1.82) is 0 Å². The maximum Gasteiger partial charge on any atom is 0.222 e. The molecule has 0 aromatic rings. The Bertz CT molecular complexity index is 187. The van der Waals surface area contributed by atoms with Crippen LogP contribution in [0.5, 0.6) is 0 Å². The first kappa shape index (κ1) is 9.00. The van der Waals surface area contributed by atoms with Crippen molar-refractivity contribution in [3.63, 3.8) is 0 Å². The second-order valence-electron chi connectivity index (χ2n) is 4.04. The second-order valence-corrected chi connectivity index (χ2v) is 4.04. The molecule has 0 aromatic carbocycles. The van der Waals surface area contributed by atoms with Crippen molar-refractivity contribution in [3.05, 3.63) is 0 Å². The van der Waals surface area contributed by atoms with Crippen molar-refractivity contribution in [2.75, 3.05) is 19.6 Å². The fourth-order valence-corrected chi connectivity index (χ4v) is 2.31. The summed E-state index contributed by atoms with van der Waals surface area (Å²) >= 11 is 0. The number of likely N-dealkylation sites (tertiary alicyclic amines) is 1. The van der Waals surface area contributed by atoms with Crippen LogP contribution in [0.4, 0.5) is 0 Å². The van der Waals surface area contributed by atoms with E-state index in [4.69, 9.17) is 0 Å². The van der Waals surface area contributed by atoms with Gasteiger partial charge in [0.1, 0.15) is 0 Å².